The second-order valence-electron chi connectivity index (χ2n) is 5.11. The maximum absolute atomic E-state index is 9.81. The van der Waals surface area contributed by atoms with Gasteiger partial charge in [-0.1, -0.05) is 24.3 Å². The Bertz CT molecular complexity index is 627. The Morgan fingerprint density at radius 2 is 2.14 bits per heavy atom. The van der Waals surface area contributed by atoms with Gasteiger partial charge in [0.1, 0.15) is 5.75 Å². The number of rotatable bonds is 4. The van der Waals surface area contributed by atoms with Crippen LogP contribution in [0.15, 0.2) is 42.5 Å². The summed E-state index contributed by atoms with van der Waals surface area (Å²) in [7, 11) is 1.55. The third kappa shape index (κ3) is 2.95. The van der Waals surface area contributed by atoms with Crippen molar-refractivity contribution >= 4 is 0 Å². The summed E-state index contributed by atoms with van der Waals surface area (Å²) in [5.41, 5.74) is 2.22. The Morgan fingerprint density at radius 1 is 1.29 bits per heavy atom. The summed E-state index contributed by atoms with van der Waals surface area (Å²) >= 11 is 0. The number of hydrogen-bond donors (Lipinski definition) is 2. The quantitative estimate of drug-likeness (QED) is 0.906. The van der Waals surface area contributed by atoms with E-state index in [1.54, 1.807) is 19.2 Å². The number of aromatic hydroxyl groups is 1. The van der Waals surface area contributed by atoms with E-state index in [9.17, 15) is 5.11 Å². The molecular weight excluding hydrogens is 266 g/mol. The topological polar surface area (TPSA) is 50.7 Å². The second kappa shape index (κ2) is 6.06. The molecule has 0 radical (unpaired) electrons. The van der Waals surface area contributed by atoms with Gasteiger partial charge in [0.2, 0.25) is 0 Å². The lowest BCUT2D eigenvalue weighted by Crippen LogP contribution is -2.26. The van der Waals surface area contributed by atoms with Crippen LogP contribution in [0.4, 0.5) is 0 Å². The normalized spacial score (nSPS) is 16.9. The summed E-state index contributed by atoms with van der Waals surface area (Å²) in [6.07, 6.45) is 0.944. The first-order valence-electron chi connectivity index (χ1n) is 7.09. The van der Waals surface area contributed by atoms with Crippen LogP contribution in [-0.2, 0) is 6.54 Å². The molecule has 1 unspecified atom stereocenters. The molecule has 2 aromatic carbocycles. The van der Waals surface area contributed by atoms with Gasteiger partial charge in [0.05, 0.1) is 13.7 Å². The van der Waals surface area contributed by atoms with Gasteiger partial charge in [-0.15, -0.1) is 0 Å². The van der Waals surface area contributed by atoms with Crippen molar-refractivity contribution in [3.63, 3.8) is 0 Å². The number of benzene rings is 2. The number of para-hydroxylation sites is 1. The minimum absolute atomic E-state index is 0.171. The summed E-state index contributed by atoms with van der Waals surface area (Å²) < 4.78 is 10.7. The van der Waals surface area contributed by atoms with Gasteiger partial charge in [-0.25, -0.2) is 0 Å². The molecule has 0 spiro atoms. The van der Waals surface area contributed by atoms with Crippen LogP contribution < -0.4 is 14.8 Å². The van der Waals surface area contributed by atoms with Crippen molar-refractivity contribution in [1.29, 1.82) is 0 Å². The molecule has 0 fully saturated rings. The Kier molecular flexibility index (Phi) is 3.97. The average Bonchev–Trinajstić information content (AvgIpc) is 2.53. The van der Waals surface area contributed by atoms with Crippen LogP contribution >= 0.6 is 0 Å². The van der Waals surface area contributed by atoms with Gasteiger partial charge in [-0.2, -0.15) is 0 Å². The van der Waals surface area contributed by atoms with E-state index in [4.69, 9.17) is 9.47 Å². The van der Waals surface area contributed by atoms with Crippen LogP contribution in [0.5, 0.6) is 17.2 Å². The van der Waals surface area contributed by atoms with E-state index in [0.717, 1.165) is 24.3 Å². The molecule has 0 aromatic heterocycles. The molecule has 4 heteroatoms. The van der Waals surface area contributed by atoms with Gasteiger partial charge in [0.15, 0.2) is 11.5 Å². The standard InChI is InChI=1S/C17H19NO3/c1-20-17-7-6-12(10-15(17)19)11-18-14-8-9-21-16-5-3-2-4-13(14)16/h2-7,10,14,18-19H,8-9,11H2,1H3. The zero-order valence-electron chi connectivity index (χ0n) is 12.0. The maximum Gasteiger partial charge on any atom is 0.160 e. The molecule has 0 amide bonds. The third-order valence-electron chi connectivity index (χ3n) is 3.75. The zero-order valence-corrected chi connectivity index (χ0v) is 12.0. The maximum atomic E-state index is 9.81. The van der Waals surface area contributed by atoms with Crippen LogP contribution in [-0.4, -0.2) is 18.8 Å². The van der Waals surface area contributed by atoms with Gasteiger partial charge in [0.25, 0.3) is 0 Å². The highest BCUT2D eigenvalue weighted by molar-refractivity contribution is 5.42. The van der Waals surface area contributed by atoms with E-state index in [1.165, 1.54) is 5.56 Å². The number of hydrogen-bond acceptors (Lipinski definition) is 4. The fraction of sp³-hybridized carbons (Fsp3) is 0.294. The van der Waals surface area contributed by atoms with Crippen molar-refractivity contribution in [3.05, 3.63) is 53.6 Å². The van der Waals surface area contributed by atoms with E-state index in [2.05, 4.69) is 11.4 Å². The first-order valence-corrected chi connectivity index (χ1v) is 7.09. The lowest BCUT2D eigenvalue weighted by atomic mass is 10.0. The van der Waals surface area contributed by atoms with Crippen molar-refractivity contribution in [2.45, 2.75) is 19.0 Å². The molecule has 0 aliphatic carbocycles. The molecule has 0 bridgehead atoms. The lowest BCUT2D eigenvalue weighted by Gasteiger charge is -2.26. The predicted molar refractivity (Wildman–Crippen MR) is 80.8 cm³/mol. The SMILES string of the molecule is COc1ccc(CNC2CCOc3ccccc32)cc1O. The van der Waals surface area contributed by atoms with Gasteiger partial charge in [0, 0.05) is 24.6 Å². The number of methoxy groups -OCH3 is 1. The Morgan fingerprint density at radius 3 is 2.95 bits per heavy atom. The van der Waals surface area contributed by atoms with Crippen molar-refractivity contribution < 1.29 is 14.6 Å². The summed E-state index contributed by atoms with van der Waals surface area (Å²) in [5.74, 6) is 1.62. The largest absolute Gasteiger partial charge is 0.504 e. The average molecular weight is 285 g/mol. The molecule has 3 rings (SSSR count). The Balaban J connectivity index is 1.70. The monoisotopic (exact) mass is 285 g/mol. The van der Waals surface area contributed by atoms with Crippen LogP contribution in [0.3, 0.4) is 0 Å². The Labute approximate surface area is 124 Å². The molecule has 1 heterocycles. The van der Waals surface area contributed by atoms with Crippen molar-refractivity contribution in [2.75, 3.05) is 13.7 Å². The highest BCUT2D eigenvalue weighted by Crippen LogP contribution is 2.32. The fourth-order valence-electron chi connectivity index (χ4n) is 2.64. The smallest absolute Gasteiger partial charge is 0.160 e. The predicted octanol–water partition coefficient (Wildman–Crippen LogP) is 3.01. The van der Waals surface area contributed by atoms with Crippen LogP contribution in [0.2, 0.25) is 0 Å². The van der Waals surface area contributed by atoms with Crippen LogP contribution in [0.25, 0.3) is 0 Å². The molecule has 110 valence electrons. The molecule has 1 atom stereocenters. The first kappa shape index (κ1) is 13.8. The van der Waals surface area contributed by atoms with E-state index in [-0.39, 0.29) is 11.8 Å². The van der Waals surface area contributed by atoms with Crippen LogP contribution in [0, 0.1) is 0 Å². The molecule has 2 aromatic rings. The number of ether oxygens (including phenoxy) is 2. The fourth-order valence-corrected chi connectivity index (χ4v) is 2.64. The lowest BCUT2D eigenvalue weighted by molar-refractivity contribution is 0.252. The van der Waals surface area contributed by atoms with Gasteiger partial charge < -0.3 is 19.9 Å². The number of fused-ring (bicyclic) bond motifs is 1. The van der Waals surface area contributed by atoms with Gasteiger partial charge >= 0.3 is 0 Å². The third-order valence-corrected chi connectivity index (χ3v) is 3.75. The highest BCUT2D eigenvalue weighted by Gasteiger charge is 2.20. The molecule has 0 saturated carbocycles. The van der Waals surface area contributed by atoms with Gasteiger partial charge in [-0.3, -0.25) is 0 Å². The van der Waals surface area contributed by atoms with E-state index < -0.39 is 0 Å². The van der Waals surface area contributed by atoms with E-state index >= 15 is 0 Å². The summed E-state index contributed by atoms with van der Waals surface area (Å²) in [6, 6.07) is 13.9. The van der Waals surface area contributed by atoms with E-state index in [1.807, 2.05) is 24.3 Å². The summed E-state index contributed by atoms with van der Waals surface area (Å²) in [6.45, 7) is 1.42. The second-order valence-corrected chi connectivity index (χ2v) is 5.11. The molecule has 4 nitrogen and oxygen atoms in total. The Hall–Kier alpha value is -2.20. The molecule has 21 heavy (non-hydrogen) atoms. The summed E-state index contributed by atoms with van der Waals surface area (Å²) in [4.78, 5) is 0. The number of phenols is 1. The molecule has 2 N–H and O–H groups in total. The molecule has 1 aliphatic rings. The van der Waals surface area contributed by atoms with Crippen LogP contribution in [0.1, 0.15) is 23.6 Å². The number of phenolic OH excluding ortho intramolecular Hbond substituents is 1. The first-order chi connectivity index (χ1) is 10.3. The number of nitrogens with one attached hydrogen (secondary N) is 1. The zero-order chi connectivity index (χ0) is 14.7. The van der Waals surface area contributed by atoms with Crippen molar-refractivity contribution in [2.24, 2.45) is 0 Å². The molecule has 1 aliphatic heterocycles. The van der Waals surface area contributed by atoms with Crippen molar-refractivity contribution in [1.82, 2.24) is 5.32 Å². The molecular formula is C17H19NO3. The minimum Gasteiger partial charge on any atom is -0.504 e. The highest BCUT2D eigenvalue weighted by atomic mass is 16.5. The van der Waals surface area contributed by atoms with Gasteiger partial charge in [-0.05, 0) is 23.8 Å². The summed E-state index contributed by atoms with van der Waals surface area (Å²) in [5, 5.41) is 13.3. The molecule has 0 saturated heterocycles. The minimum atomic E-state index is 0.171. The van der Waals surface area contributed by atoms with Crippen molar-refractivity contribution in [3.8, 4) is 17.2 Å². The van der Waals surface area contributed by atoms with E-state index in [0.29, 0.717) is 12.3 Å².